The zero-order valence-electron chi connectivity index (χ0n) is 17.0. The van der Waals surface area contributed by atoms with Crippen molar-refractivity contribution in [3.63, 3.8) is 0 Å². The third-order valence-corrected chi connectivity index (χ3v) is 9.85. The van der Waals surface area contributed by atoms with Crippen LogP contribution in [-0.4, -0.2) is 48.2 Å². The molecular formula is C23H29NO4. The molecule has 6 saturated carbocycles. The number of rotatable bonds is 1. The maximum Gasteiger partial charge on any atom is 0.303 e. The first-order chi connectivity index (χ1) is 13.2. The third kappa shape index (κ3) is 1.52. The number of ketones is 2. The van der Waals surface area contributed by atoms with Crippen molar-refractivity contribution >= 4 is 17.5 Å². The lowest BCUT2D eigenvalue weighted by Gasteiger charge is -2.66. The Labute approximate surface area is 165 Å². The van der Waals surface area contributed by atoms with Crippen molar-refractivity contribution in [2.45, 2.75) is 58.1 Å². The van der Waals surface area contributed by atoms with E-state index in [1.165, 1.54) is 6.92 Å². The standard InChI is InChI=1S/C23H29NO4/c1-11-13-8-14-19-22-7-5-6-21(3,10-24(19)4)17(22)15(26)9-23(14,18(22)16(13)27)20(11)28-12(2)25/h13-14,17-20H,1,5-10H2,2-4H3/t13-,14-,17-,18+,19-,20-,21+,22+,23-/m1/s1. The number of Topliss-reactive ketones (excluding diaryl/α,β-unsaturated/α-hetero) is 2. The molecule has 7 rings (SSSR count). The molecule has 7 aliphatic rings. The Morgan fingerprint density at radius 1 is 1.21 bits per heavy atom. The minimum atomic E-state index is -0.566. The number of hydrogen-bond acceptors (Lipinski definition) is 5. The molecule has 7 fully saturated rings. The number of carbonyl (C=O) groups is 3. The van der Waals surface area contributed by atoms with Crippen LogP contribution in [0.2, 0.25) is 0 Å². The van der Waals surface area contributed by atoms with E-state index < -0.39 is 11.5 Å². The average Bonchev–Trinajstić information content (AvgIpc) is 2.68. The van der Waals surface area contributed by atoms with Crippen LogP contribution in [-0.2, 0) is 19.1 Å². The monoisotopic (exact) mass is 383 g/mol. The summed E-state index contributed by atoms with van der Waals surface area (Å²) < 4.78 is 5.87. The summed E-state index contributed by atoms with van der Waals surface area (Å²) in [6, 6.07) is 0.238. The van der Waals surface area contributed by atoms with Crippen molar-refractivity contribution in [3.8, 4) is 0 Å². The minimum Gasteiger partial charge on any atom is -0.457 e. The fourth-order valence-electron chi connectivity index (χ4n) is 9.90. The molecule has 5 nitrogen and oxygen atoms in total. The van der Waals surface area contributed by atoms with Gasteiger partial charge < -0.3 is 9.64 Å². The molecule has 0 amide bonds. The molecule has 0 radical (unpaired) electrons. The van der Waals surface area contributed by atoms with Gasteiger partial charge in [-0.05, 0) is 43.2 Å². The summed E-state index contributed by atoms with van der Waals surface area (Å²) in [5.74, 6) is 0.116. The van der Waals surface area contributed by atoms with Gasteiger partial charge in [-0.2, -0.15) is 0 Å². The lowest BCUT2D eigenvalue weighted by molar-refractivity contribution is -0.201. The minimum absolute atomic E-state index is 0.0230. The molecular weight excluding hydrogens is 354 g/mol. The van der Waals surface area contributed by atoms with E-state index in [2.05, 4.69) is 25.5 Å². The summed E-state index contributed by atoms with van der Waals surface area (Å²) in [6.07, 6.45) is 3.77. The summed E-state index contributed by atoms with van der Waals surface area (Å²) >= 11 is 0. The molecule has 0 N–H and O–H groups in total. The van der Waals surface area contributed by atoms with Crippen LogP contribution in [0.3, 0.4) is 0 Å². The maximum absolute atomic E-state index is 13.8. The maximum atomic E-state index is 13.8. The number of piperidine rings is 1. The molecule has 2 spiro atoms. The van der Waals surface area contributed by atoms with E-state index in [0.717, 1.165) is 37.8 Å². The van der Waals surface area contributed by atoms with Gasteiger partial charge in [-0.25, -0.2) is 0 Å². The SMILES string of the molecule is C=C1[C@H]2C[C@@H]3[C@H]4N(C)C[C@]5(C)CCC[C@]46[C@H](C2=O)[C@]3(CC(=O)[C@H]56)[C@@H]1OC(C)=O. The highest BCUT2D eigenvalue weighted by Crippen LogP contribution is 2.81. The summed E-state index contributed by atoms with van der Waals surface area (Å²) in [6.45, 7) is 8.84. The van der Waals surface area contributed by atoms with Gasteiger partial charge in [-0.15, -0.1) is 0 Å². The van der Waals surface area contributed by atoms with E-state index in [0.29, 0.717) is 18.0 Å². The summed E-state index contributed by atoms with van der Waals surface area (Å²) in [5.41, 5.74) is -0.142. The van der Waals surface area contributed by atoms with Gasteiger partial charge in [0.15, 0.2) is 0 Å². The molecule has 6 bridgehead atoms. The molecule has 1 saturated heterocycles. The number of likely N-dealkylation sites (tertiary alicyclic amines) is 1. The fraction of sp³-hybridized carbons (Fsp3) is 0.783. The van der Waals surface area contributed by atoms with Gasteiger partial charge in [-0.3, -0.25) is 14.4 Å². The van der Waals surface area contributed by atoms with Crippen LogP contribution in [0.5, 0.6) is 0 Å². The molecule has 150 valence electrons. The van der Waals surface area contributed by atoms with Crippen LogP contribution >= 0.6 is 0 Å². The Balaban J connectivity index is 1.65. The summed E-state index contributed by atoms with van der Waals surface area (Å²) in [7, 11) is 2.19. The number of fused-ring (bicyclic) bond motifs is 1. The highest BCUT2D eigenvalue weighted by Gasteiger charge is 2.86. The molecule has 6 aliphatic carbocycles. The van der Waals surface area contributed by atoms with Crippen molar-refractivity contribution in [3.05, 3.63) is 12.2 Å². The number of ether oxygens (including phenoxy) is 1. The van der Waals surface area contributed by atoms with Gasteiger partial charge in [0, 0.05) is 54.5 Å². The van der Waals surface area contributed by atoms with Crippen LogP contribution in [0.4, 0.5) is 0 Å². The van der Waals surface area contributed by atoms with Gasteiger partial charge in [0.05, 0.1) is 0 Å². The average molecular weight is 383 g/mol. The van der Waals surface area contributed by atoms with Crippen molar-refractivity contribution < 1.29 is 19.1 Å². The second-order valence-electron chi connectivity index (χ2n) is 11.0. The molecule has 28 heavy (non-hydrogen) atoms. The largest absolute Gasteiger partial charge is 0.457 e. The van der Waals surface area contributed by atoms with E-state index >= 15 is 0 Å². The topological polar surface area (TPSA) is 63.7 Å². The van der Waals surface area contributed by atoms with Crippen LogP contribution in [0.1, 0.15) is 46.0 Å². The normalized spacial score (nSPS) is 56.2. The number of nitrogens with zero attached hydrogens (tertiary/aromatic N) is 1. The fourth-order valence-corrected chi connectivity index (χ4v) is 9.90. The first-order valence-corrected chi connectivity index (χ1v) is 10.8. The van der Waals surface area contributed by atoms with E-state index in [9.17, 15) is 14.4 Å². The van der Waals surface area contributed by atoms with Crippen molar-refractivity contribution in [1.29, 1.82) is 0 Å². The first-order valence-electron chi connectivity index (χ1n) is 10.8. The van der Waals surface area contributed by atoms with E-state index in [1.54, 1.807) is 0 Å². The molecule has 1 heterocycles. The first kappa shape index (κ1) is 17.4. The lowest BCUT2D eigenvalue weighted by atomic mass is 9.39. The summed E-state index contributed by atoms with van der Waals surface area (Å²) in [5, 5.41) is 0. The van der Waals surface area contributed by atoms with Crippen molar-refractivity contribution in [2.75, 3.05) is 13.6 Å². The molecule has 0 aromatic heterocycles. The second-order valence-corrected chi connectivity index (χ2v) is 11.0. The predicted octanol–water partition coefficient (Wildman–Crippen LogP) is 2.39. The van der Waals surface area contributed by atoms with Gasteiger partial charge >= 0.3 is 5.97 Å². The quantitative estimate of drug-likeness (QED) is 0.514. The molecule has 1 aliphatic heterocycles. The van der Waals surface area contributed by atoms with Crippen molar-refractivity contribution in [1.82, 2.24) is 4.90 Å². The van der Waals surface area contributed by atoms with Crippen LogP contribution in [0, 0.1) is 39.9 Å². The molecule has 0 aromatic rings. The van der Waals surface area contributed by atoms with Crippen LogP contribution in [0.15, 0.2) is 12.2 Å². The highest BCUT2D eigenvalue weighted by atomic mass is 16.5. The third-order valence-electron chi connectivity index (χ3n) is 9.85. The van der Waals surface area contributed by atoms with E-state index in [1.807, 2.05) is 0 Å². The molecule has 5 heteroatoms. The Bertz CT molecular complexity index is 865. The smallest absolute Gasteiger partial charge is 0.303 e. The van der Waals surface area contributed by atoms with Crippen molar-refractivity contribution in [2.24, 2.45) is 39.9 Å². The van der Waals surface area contributed by atoms with Gasteiger partial charge in [0.2, 0.25) is 0 Å². The zero-order chi connectivity index (χ0) is 19.8. The van der Waals surface area contributed by atoms with Gasteiger partial charge in [0.1, 0.15) is 17.7 Å². The molecule has 9 atom stereocenters. The van der Waals surface area contributed by atoms with Gasteiger partial charge in [0.25, 0.3) is 0 Å². The summed E-state index contributed by atoms with van der Waals surface area (Å²) in [4.78, 5) is 42.0. The zero-order valence-corrected chi connectivity index (χ0v) is 17.0. The number of carbonyl (C=O) groups excluding carboxylic acids is 3. The Morgan fingerprint density at radius 3 is 2.68 bits per heavy atom. The Hall–Kier alpha value is -1.49. The Kier molecular flexibility index (Phi) is 2.98. The predicted molar refractivity (Wildman–Crippen MR) is 101 cm³/mol. The van der Waals surface area contributed by atoms with Crippen LogP contribution in [0.25, 0.3) is 0 Å². The molecule has 0 unspecified atom stereocenters. The lowest BCUT2D eigenvalue weighted by Crippen LogP contribution is -2.71. The van der Waals surface area contributed by atoms with E-state index in [-0.39, 0.29) is 46.5 Å². The number of esters is 1. The Morgan fingerprint density at radius 2 is 1.96 bits per heavy atom. The highest BCUT2D eigenvalue weighted by molar-refractivity contribution is 5.97. The van der Waals surface area contributed by atoms with Gasteiger partial charge in [-0.1, -0.05) is 19.9 Å². The molecule has 0 aromatic carbocycles. The van der Waals surface area contributed by atoms with E-state index in [4.69, 9.17) is 4.74 Å². The second kappa shape index (κ2) is 4.80. The van der Waals surface area contributed by atoms with Crippen LogP contribution < -0.4 is 0 Å². The number of hydrogen-bond donors (Lipinski definition) is 0.